The third-order valence-corrected chi connectivity index (χ3v) is 3.88. The second kappa shape index (κ2) is 9.68. The van der Waals surface area contributed by atoms with E-state index in [1.54, 1.807) is 54.4 Å². The number of carbonyl (C=O) groups excluding carboxylic acids is 2. The highest BCUT2D eigenvalue weighted by atomic mass is 35.5. The highest BCUT2D eigenvalue weighted by Gasteiger charge is 2.10. The van der Waals surface area contributed by atoms with Crippen molar-refractivity contribution in [1.82, 2.24) is 4.90 Å². The van der Waals surface area contributed by atoms with Crippen molar-refractivity contribution in [2.75, 3.05) is 26.8 Å². The van der Waals surface area contributed by atoms with Crippen LogP contribution in [0.15, 0.2) is 48.5 Å². The second-order valence-electron chi connectivity index (χ2n) is 5.65. The van der Waals surface area contributed by atoms with Gasteiger partial charge in [-0.05, 0) is 48.9 Å². The Balaban J connectivity index is 1.69. The molecule has 138 valence electrons. The number of benzene rings is 2. The number of ether oxygens (including phenoxy) is 2. The van der Waals surface area contributed by atoms with E-state index in [4.69, 9.17) is 26.8 Å². The third kappa shape index (κ3) is 6.29. The standard InChI is InChI=1S/C19H21ClN2O4/c1-22(10-3-11-25-16-8-6-15(20)7-9-16)18(23)13-26-17-5-2-4-14(12-17)19(21)24/h2,4-9,12H,3,10-11,13H2,1H3,(H2,21,24). The molecule has 0 bridgehead atoms. The molecule has 26 heavy (non-hydrogen) atoms. The first-order valence-electron chi connectivity index (χ1n) is 8.10. The fourth-order valence-electron chi connectivity index (χ4n) is 2.14. The molecule has 0 aliphatic rings. The van der Waals surface area contributed by atoms with E-state index in [1.807, 2.05) is 0 Å². The summed E-state index contributed by atoms with van der Waals surface area (Å²) in [6.07, 6.45) is 0.683. The van der Waals surface area contributed by atoms with E-state index >= 15 is 0 Å². The van der Waals surface area contributed by atoms with Gasteiger partial charge in [0.05, 0.1) is 6.61 Å². The predicted octanol–water partition coefficient (Wildman–Crippen LogP) is 2.75. The smallest absolute Gasteiger partial charge is 0.260 e. The topological polar surface area (TPSA) is 81.9 Å². The van der Waals surface area contributed by atoms with Gasteiger partial charge in [0.15, 0.2) is 6.61 Å². The molecule has 2 aromatic carbocycles. The van der Waals surface area contributed by atoms with Gasteiger partial charge in [-0.25, -0.2) is 0 Å². The number of nitrogens with two attached hydrogens (primary N) is 1. The molecule has 0 aliphatic heterocycles. The maximum absolute atomic E-state index is 12.1. The number of halogens is 1. The van der Waals surface area contributed by atoms with E-state index in [0.29, 0.717) is 35.9 Å². The van der Waals surface area contributed by atoms with E-state index in [1.165, 1.54) is 6.07 Å². The molecule has 7 heteroatoms. The predicted molar refractivity (Wildman–Crippen MR) is 99.7 cm³/mol. The number of rotatable bonds is 9. The minimum Gasteiger partial charge on any atom is -0.494 e. The van der Waals surface area contributed by atoms with Gasteiger partial charge in [0.1, 0.15) is 11.5 Å². The van der Waals surface area contributed by atoms with Crippen LogP contribution in [0.2, 0.25) is 5.02 Å². The summed E-state index contributed by atoms with van der Waals surface area (Å²) in [5, 5.41) is 0.657. The van der Waals surface area contributed by atoms with E-state index < -0.39 is 5.91 Å². The van der Waals surface area contributed by atoms with Crippen LogP contribution in [-0.4, -0.2) is 43.5 Å². The van der Waals surface area contributed by atoms with Crippen LogP contribution in [0.4, 0.5) is 0 Å². The van der Waals surface area contributed by atoms with E-state index in [9.17, 15) is 9.59 Å². The summed E-state index contributed by atoms with van der Waals surface area (Å²) in [6.45, 7) is 0.911. The molecule has 2 rings (SSSR count). The average Bonchev–Trinajstić information content (AvgIpc) is 2.64. The molecule has 2 N–H and O–H groups in total. The summed E-state index contributed by atoms with van der Waals surface area (Å²) < 4.78 is 11.0. The summed E-state index contributed by atoms with van der Waals surface area (Å²) in [5.41, 5.74) is 5.55. The number of hydrogen-bond donors (Lipinski definition) is 1. The molecule has 0 saturated heterocycles. The lowest BCUT2D eigenvalue weighted by molar-refractivity contribution is -0.132. The number of amides is 2. The van der Waals surface area contributed by atoms with Crippen molar-refractivity contribution in [3.8, 4) is 11.5 Å². The molecular weight excluding hydrogens is 356 g/mol. The van der Waals surface area contributed by atoms with Crippen LogP contribution in [0.5, 0.6) is 11.5 Å². The Bertz CT molecular complexity index is 749. The Morgan fingerprint density at radius 2 is 1.81 bits per heavy atom. The fourth-order valence-corrected chi connectivity index (χ4v) is 2.27. The average molecular weight is 377 g/mol. The summed E-state index contributed by atoms with van der Waals surface area (Å²) in [6, 6.07) is 13.5. The molecule has 0 aliphatic carbocycles. The van der Waals surface area contributed by atoms with Crippen LogP contribution in [0.25, 0.3) is 0 Å². The first kappa shape index (κ1) is 19.6. The summed E-state index contributed by atoms with van der Waals surface area (Å²) >= 11 is 5.81. The van der Waals surface area contributed by atoms with Crippen molar-refractivity contribution < 1.29 is 19.1 Å². The molecule has 0 atom stereocenters. The van der Waals surface area contributed by atoms with Crippen molar-refractivity contribution in [2.45, 2.75) is 6.42 Å². The first-order chi connectivity index (χ1) is 12.5. The Labute approximate surface area is 157 Å². The van der Waals surface area contributed by atoms with Crippen LogP contribution in [0.1, 0.15) is 16.8 Å². The van der Waals surface area contributed by atoms with Crippen LogP contribution in [0, 0.1) is 0 Å². The Morgan fingerprint density at radius 3 is 2.50 bits per heavy atom. The molecule has 0 spiro atoms. The molecule has 0 fully saturated rings. The maximum Gasteiger partial charge on any atom is 0.260 e. The Hall–Kier alpha value is -2.73. The molecule has 0 unspecified atom stereocenters. The van der Waals surface area contributed by atoms with Crippen molar-refractivity contribution in [1.29, 1.82) is 0 Å². The number of hydrogen-bond acceptors (Lipinski definition) is 4. The van der Waals surface area contributed by atoms with E-state index in [2.05, 4.69) is 0 Å². The van der Waals surface area contributed by atoms with Gasteiger partial charge >= 0.3 is 0 Å². The normalized spacial score (nSPS) is 10.2. The molecular formula is C19H21ClN2O4. The van der Waals surface area contributed by atoms with Crippen LogP contribution >= 0.6 is 11.6 Å². The maximum atomic E-state index is 12.1. The zero-order chi connectivity index (χ0) is 18.9. The van der Waals surface area contributed by atoms with Gasteiger partial charge in [-0.1, -0.05) is 17.7 Å². The van der Waals surface area contributed by atoms with Crippen LogP contribution < -0.4 is 15.2 Å². The van der Waals surface area contributed by atoms with Crippen molar-refractivity contribution in [3.63, 3.8) is 0 Å². The van der Waals surface area contributed by atoms with Gasteiger partial charge in [-0.3, -0.25) is 9.59 Å². The van der Waals surface area contributed by atoms with Gasteiger partial charge in [0, 0.05) is 24.2 Å². The second-order valence-corrected chi connectivity index (χ2v) is 6.09. The Kier molecular flexibility index (Phi) is 7.29. The van der Waals surface area contributed by atoms with Crippen LogP contribution in [-0.2, 0) is 4.79 Å². The SMILES string of the molecule is CN(CCCOc1ccc(Cl)cc1)C(=O)COc1cccc(C(N)=O)c1. The summed E-state index contributed by atoms with van der Waals surface area (Å²) in [4.78, 5) is 24.8. The quantitative estimate of drug-likeness (QED) is 0.682. The number of primary amides is 1. The molecule has 6 nitrogen and oxygen atoms in total. The molecule has 0 saturated carbocycles. The van der Waals surface area contributed by atoms with Crippen molar-refractivity contribution in [2.24, 2.45) is 5.73 Å². The zero-order valence-corrected chi connectivity index (χ0v) is 15.2. The summed E-state index contributed by atoms with van der Waals surface area (Å²) in [5.74, 6) is 0.454. The van der Waals surface area contributed by atoms with Gasteiger partial charge < -0.3 is 20.1 Å². The highest BCUT2D eigenvalue weighted by Crippen LogP contribution is 2.16. The number of carbonyl (C=O) groups is 2. The van der Waals surface area contributed by atoms with Crippen molar-refractivity contribution in [3.05, 3.63) is 59.1 Å². The third-order valence-electron chi connectivity index (χ3n) is 3.63. The number of nitrogens with zero attached hydrogens (tertiary/aromatic N) is 1. The minimum atomic E-state index is -0.542. The lowest BCUT2D eigenvalue weighted by Gasteiger charge is -2.17. The van der Waals surface area contributed by atoms with Gasteiger partial charge in [0.2, 0.25) is 5.91 Å². The van der Waals surface area contributed by atoms with Gasteiger partial charge in [0.25, 0.3) is 5.91 Å². The van der Waals surface area contributed by atoms with Gasteiger partial charge in [-0.2, -0.15) is 0 Å². The zero-order valence-electron chi connectivity index (χ0n) is 14.5. The molecule has 0 heterocycles. The first-order valence-corrected chi connectivity index (χ1v) is 8.48. The molecule has 2 aromatic rings. The van der Waals surface area contributed by atoms with E-state index in [-0.39, 0.29) is 12.5 Å². The summed E-state index contributed by atoms with van der Waals surface area (Å²) in [7, 11) is 1.70. The fraction of sp³-hybridized carbons (Fsp3) is 0.263. The Morgan fingerprint density at radius 1 is 1.08 bits per heavy atom. The molecule has 0 radical (unpaired) electrons. The minimum absolute atomic E-state index is 0.114. The lowest BCUT2D eigenvalue weighted by Crippen LogP contribution is -2.32. The van der Waals surface area contributed by atoms with Crippen LogP contribution in [0.3, 0.4) is 0 Å². The van der Waals surface area contributed by atoms with Gasteiger partial charge in [-0.15, -0.1) is 0 Å². The largest absolute Gasteiger partial charge is 0.494 e. The molecule has 0 aromatic heterocycles. The monoisotopic (exact) mass is 376 g/mol. The molecule has 2 amide bonds. The van der Waals surface area contributed by atoms with Crippen molar-refractivity contribution >= 4 is 23.4 Å². The lowest BCUT2D eigenvalue weighted by atomic mass is 10.2. The highest BCUT2D eigenvalue weighted by molar-refractivity contribution is 6.30. The number of likely N-dealkylation sites (N-methyl/N-ethyl adjacent to an activating group) is 1. The van der Waals surface area contributed by atoms with E-state index in [0.717, 1.165) is 5.75 Å².